The summed E-state index contributed by atoms with van der Waals surface area (Å²) in [5, 5.41) is 0.620. The van der Waals surface area contributed by atoms with Crippen LogP contribution in [0.4, 0.5) is 10.2 Å². The maximum Gasteiger partial charge on any atom is 0.251 e. The lowest BCUT2D eigenvalue weighted by Gasteiger charge is -2.48. The molecule has 0 bridgehead atoms. The van der Waals surface area contributed by atoms with E-state index in [0.29, 0.717) is 36.9 Å². The van der Waals surface area contributed by atoms with Crippen molar-refractivity contribution in [3.63, 3.8) is 0 Å². The lowest BCUT2D eigenvalue weighted by atomic mass is 9.89. The Bertz CT molecular complexity index is 951. The summed E-state index contributed by atoms with van der Waals surface area (Å²) in [5.74, 6) is 0.0661. The molecule has 1 spiro atoms. The van der Waals surface area contributed by atoms with Crippen LogP contribution in [0.5, 0.6) is 0 Å². The molecule has 2 amide bonds. The summed E-state index contributed by atoms with van der Waals surface area (Å²) in [7, 11) is 0. The predicted octanol–water partition coefficient (Wildman–Crippen LogP) is 3.10. The molecule has 0 N–H and O–H groups in total. The van der Waals surface area contributed by atoms with Gasteiger partial charge in [-0.1, -0.05) is 23.7 Å². The molecule has 30 heavy (non-hydrogen) atoms. The number of anilines is 1. The van der Waals surface area contributed by atoms with Crippen LogP contribution in [-0.2, 0) is 16.1 Å². The molecule has 2 aromatic rings. The van der Waals surface area contributed by atoms with E-state index in [1.54, 1.807) is 28.0 Å². The summed E-state index contributed by atoms with van der Waals surface area (Å²) in [6, 6.07) is 10.2. The molecule has 4 rings (SSSR count). The summed E-state index contributed by atoms with van der Waals surface area (Å²) in [5.41, 5.74) is -0.0637. The Morgan fingerprint density at radius 2 is 1.90 bits per heavy atom. The van der Waals surface area contributed by atoms with Crippen LogP contribution < -0.4 is 4.90 Å². The number of carbonyl (C=O) groups excluding carboxylic acids is 2. The molecular weight excluding hydrogens is 407 g/mol. The first kappa shape index (κ1) is 20.6. The van der Waals surface area contributed by atoms with Crippen molar-refractivity contribution in [3.05, 3.63) is 59.0 Å². The van der Waals surface area contributed by atoms with Crippen LogP contribution in [0.3, 0.4) is 0 Å². The van der Waals surface area contributed by atoms with Gasteiger partial charge in [-0.05, 0) is 50.1 Å². The van der Waals surface area contributed by atoms with Crippen LogP contribution in [0.15, 0.2) is 42.6 Å². The molecule has 8 heteroatoms. The summed E-state index contributed by atoms with van der Waals surface area (Å²) in [6.07, 6.45) is 1.66. The van der Waals surface area contributed by atoms with E-state index >= 15 is 0 Å². The second kappa shape index (κ2) is 7.87. The summed E-state index contributed by atoms with van der Waals surface area (Å²) < 4.78 is 13.3. The smallest absolute Gasteiger partial charge is 0.251 e. The van der Waals surface area contributed by atoms with E-state index in [4.69, 9.17) is 11.6 Å². The van der Waals surface area contributed by atoms with E-state index < -0.39 is 11.4 Å². The maximum atomic E-state index is 13.6. The largest absolute Gasteiger partial charge is 0.354 e. The first-order chi connectivity index (χ1) is 14.3. The van der Waals surface area contributed by atoms with Gasteiger partial charge in [-0.15, -0.1) is 0 Å². The Morgan fingerprint density at radius 1 is 1.17 bits per heavy atom. The lowest BCUT2D eigenvalue weighted by molar-refractivity contribution is -0.166. The number of halogens is 2. The number of benzene rings is 1. The van der Waals surface area contributed by atoms with Gasteiger partial charge >= 0.3 is 0 Å². The minimum absolute atomic E-state index is 0.0457. The van der Waals surface area contributed by atoms with Gasteiger partial charge < -0.3 is 14.7 Å². The number of piperazine rings is 1. The quantitative estimate of drug-likeness (QED) is 0.748. The Kier molecular flexibility index (Phi) is 5.40. The van der Waals surface area contributed by atoms with E-state index in [1.165, 1.54) is 12.3 Å². The van der Waals surface area contributed by atoms with Gasteiger partial charge in [0, 0.05) is 24.2 Å². The fraction of sp³-hybridized carbons (Fsp3) is 0.409. The monoisotopic (exact) mass is 430 g/mol. The average Bonchev–Trinajstić information content (AvgIpc) is 3.16. The van der Waals surface area contributed by atoms with E-state index in [9.17, 15) is 14.0 Å². The van der Waals surface area contributed by atoms with Crippen molar-refractivity contribution in [2.75, 3.05) is 24.5 Å². The normalized spacial score (nSPS) is 22.0. The van der Waals surface area contributed by atoms with Gasteiger partial charge in [-0.2, -0.15) is 0 Å². The molecule has 1 atom stereocenters. The Hall–Kier alpha value is -2.67. The predicted molar refractivity (Wildman–Crippen MR) is 113 cm³/mol. The zero-order valence-corrected chi connectivity index (χ0v) is 17.8. The zero-order chi connectivity index (χ0) is 21.5. The highest BCUT2D eigenvalue weighted by molar-refractivity contribution is 6.30. The second-order valence-corrected chi connectivity index (χ2v) is 8.61. The number of hydrogen-bond acceptors (Lipinski definition) is 4. The third-order valence-electron chi connectivity index (χ3n) is 5.94. The maximum absolute atomic E-state index is 13.6. The molecular formula is C22H24ClFN4O2. The molecule has 1 aromatic carbocycles. The number of aromatic nitrogens is 1. The molecule has 1 aromatic heterocycles. The number of hydrogen-bond donors (Lipinski definition) is 0. The number of rotatable bonds is 4. The van der Waals surface area contributed by atoms with Crippen LogP contribution in [0.1, 0.15) is 25.8 Å². The van der Waals surface area contributed by atoms with Crippen LogP contribution in [0, 0.1) is 5.82 Å². The third kappa shape index (κ3) is 3.62. The highest BCUT2D eigenvalue weighted by Gasteiger charge is 2.56. The van der Waals surface area contributed by atoms with Crippen molar-refractivity contribution in [2.24, 2.45) is 0 Å². The van der Waals surface area contributed by atoms with Crippen LogP contribution in [0.25, 0.3) is 0 Å². The number of carbonyl (C=O) groups is 2. The average molecular weight is 431 g/mol. The molecule has 2 aliphatic rings. The number of nitrogens with zero attached hydrogens (tertiary/aromatic N) is 4. The molecule has 6 nitrogen and oxygen atoms in total. The van der Waals surface area contributed by atoms with E-state index in [2.05, 4.69) is 4.98 Å². The van der Waals surface area contributed by atoms with Crippen molar-refractivity contribution >= 4 is 29.2 Å². The van der Waals surface area contributed by atoms with E-state index in [0.717, 1.165) is 5.56 Å². The first-order valence-corrected chi connectivity index (χ1v) is 10.4. The molecule has 2 saturated heterocycles. The highest BCUT2D eigenvalue weighted by atomic mass is 35.5. The van der Waals surface area contributed by atoms with Crippen molar-refractivity contribution in [3.8, 4) is 0 Å². The molecule has 0 aliphatic carbocycles. The molecule has 158 valence electrons. The van der Waals surface area contributed by atoms with Gasteiger partial charge in [0.05, 0.1) is 12.7 Å². The molecule has 0 saturated carbocycles. The number of amides is 2. The second-order valence-electron chi connectivity index (χ2n) is 8.17. The van der Waals surface area contributed by atoms with Crippen molar-refractivity contribution < 1.29 is 14.0 Å². The van der Waals surface area contributed by atoms with Crippen LogP contribution >= 0.6 is 11.6 Å². The van der Waals surface area contributed by atoms with E-state index in [-0.39, 0.29) is 24.4 Å². The van der Waals surface area contributed by atoms with Gasteiger partial charge in [0.2, 0.25) is 5.91 Å². The standard InChI is InChI=1S/C22H24ClFN4O2/c1-15(2)27-13-20(29)28(12-16-3-5-17(23)6-4-16)22(21(27)30)9-10-26(14-22)19-8-7-18(24)11-25-19/h3-8,11,15H,9-10,12-14H2,1-2H3/t22-/m1/s1. The fourth-order valence-corrected chi connectivity index (χ4v) is 4.42. The SMILES string of the molecule is CC(C)N1CC(=O)N(Cc2ccc(Cl)cc2)[C@@]2(CCN(c3ccc(F)cn3)C2)C1=O. The van der Waals surface area contributed by atoms with Gasteiger partial charge in [-0.25, -0.2) is 9.37 Å². The van der Waals surface area contributed by atoms with Crippen LogP contribution in [0.2, 0.25) is 5.02 Å². The van der Waals surface area contributed by atoms with Gasteiger partial charge in [0.15, 0.2) is 0 Å². The minimum atomic E-state index is -0.977. The zero-order valence-electron chi connectivity index (χ0n) is 17.0. The molecule has 0 radical (unpaired) electrons. The topological polar surface area (TPSA) is 56.8 Å². The first-order valence-electron chi connectivity index (χ1n) is 10.0. The fourth-order valence-electron chi connectivity index (χ4n) is 4.29. The van der Waals surface area contributed by atoms with Crippen LogP contribution in [-0.4, -0.2) is 57.8 Å². The molecule has 2 fully saturated rings. The van der Waals surface area contributed by atoms with Gasteiger partial charge in [0.25, 0.3) is 5.91 Å². The highest BCUT2D eigenvalue weighted by Crippen LogP contribution is 2.37. The Labute approximate surface area is 180 Å². The summed E-state index contributed by atoms with van der Waals surface area (Å²) in [6.45, 7) is 5.12. The lowest BCUT2D eigenvalue weighted by Crippen LogP contribution is -2.69. The Balaban J connectivity index is 1.68. The van der Waals surface area contributed by atoms with E-state index in [1.807, 2.05) is 30.9 Å². The van der Waals surface area contributed by atoms with Crippen molar-refractivity contribution in [1.29, 1.82) is 0 Å². The molecule has 2 aliphatic heterocycles. The van der Waals surface area contributed by atoms with Crippen molar-refractivity contribution in [2.45, 2.75) is 38.4 Å². The minimum Gasteiger partial charge on any atom is -0.354 e. The molecule has 0 unspecified atom stereocenters. The van der Waals surface area contributed by atoms with Crippen molar-refractivity contribution in [1.82, 2.24) is 14.8 Å². The van der Waals surface area contributed by atoms with Gasteiger partial charge in [0.1, 0.15) is 23.7 Å². The third-order valence-corrected chi connectivity index (χ3v) is 6.20. The molecule has 3 heterocycles. The summed E-state index contributed by atoms with van der Waals surface area (Å²) in [4.78, 5) is 36.3. The Morgan fingerprint density at radius 3 is 2.53 bits per heavy atom. The summed E-state index contributed by atoms with van der Waals surface area (Å²) >= 11 is 6.00. The van der Waals surface area contributed by atoms with Gasteiger partial charge in [-0.3, -0.25) is 9.59 Å². The number of pyridine rings is 1.